The van der Waals surface area contributed by atoms with Crippen LogP contribution in [0.15, 0.2) is 36.8 Å². The highest BCUT2D eigenvalue weighted by atomic mass is 19.4. The number of carbonyl (C=O) groups is 2. The van der Waals surface area contributed by atoms with Crippen molar-refractivity contribution in [3.8, 4) is 11.4 Å². The van der Waals surface area contributed by atoms with Crippen LogP contribution in [0.25, 0.3) is 11.4 Å². The maximum atomic E-state index is 15.1. The van der Waals surface area contributed by atoms with Gasteiger partial charge in [-0.2, -0.15) is 33.3 Å². The molecule has 6 rings (SSSR count). The Bertz CT molecular complexity index is 1880. The minimum atomic E-state index is -4.77. The van der Waals surface area contributed by atoms with Crippen LogP contribution in [0.1, 0.15) is 66.5 Å². The Balaban J connectivity index is 1.28. The molecule has 1 fully saturated rings. The zero-order chi connectivity index (χ0) is 36.0. The summed E-state index contributed by atoms with van der Waals surface area (Å²) in [7, 11) is -0.257. The number of ether oxygens (including phenoxy) is 1. The Morgan fingerprint density at radius 2 is 1.94 bits per heavy atom. The van der Waals surface area contributed by atoms with Gasteiger partial charge in [-0.25, -0.2) is 4.39 Å². The maximum absolute atomic E-state index is 15.1. The van der Waals surface area contributed by atoms with Gasteiger partial charge in [0.1, 0.15) is 17.6 Å². The molecule has 0 radical (unpaired) electrons. The summed E-state index contributed by atoms with van der Waals surface area (Å²) >= 11 is 0. The van der Waals surface area contributed by atoms with Gasteiger partial charge < -0.3 is 25.0 Å². The Hall–Kier alpha value is -4.62. The van der Waals surface area contributed by atoms with Crippen molar-refractivity contribution >= 4 is 24.4 Å². The molecule has 2 aliphatic rings. The number of hydrogen-bond acceptors (Lipinski definition) is 9. The van der Waals surface area contributed by atoms with E-state index in [4.69, 9.17) is 4.74 Å². The summed E-state index contributed by atoms with van der Waals surface area (Å²) in [6, 6.07) is 1.84. The van der Waals surface area contributed by atoms with Crippen LogP contribution in [-0.4, -0.2) is 93.2 Å². The third-order valence-electron chi connectivity index (χ3n) is 8.78. The van der Waals surface area contributed by atoms with Gasteiger partial charge in [-0.15, -0.1) is 5.10 Å². The fraction of sp³-hybridized carbons (Fsp3) is 0.484. The molecule has 14 nitrogen and oxygen atoms in total. The van der Waals surface area contributed by atoms with Gasteiger partial charge in [0.05, 0.1) is 35.7 Å². The lowest BCUT2D eigenvalue weighted by Crippen LogP contribution is -2.58. The van der Waals surface area contributed by atoms with E-state index in [1.165, 1.54) is 32.8 Å². The summed E-state index contributed by atoms with van der Waals surface area (Å²) in [4.78, 5) is 30.5. The van der Waals surface area contributed by atoms with Crippen molar-refractivity contribution in [1.29, 1.82) is 0 Å². The standard InChI is InChI=1S/C31H36BF4N9O5/c1-30(2,17-44-23(13-25(41-44)31(34,35)36)22-15-38-45(40-22)26-6-4-5-11-50-26)39-28(46)24(12-18-14-37-42(3)16-18)43-10-9-19-20(32(48)49)7-8-21(33)27(19)29(43)47/h7-8,13-16,24,26,48-49H,4-6,9-12,17H2,1-3H3,(H,39,46). The predicted octanol–water partition coefficient (Wildman–Crippen LogP) is 1.62. The van der Waals surface area contributed by atoms with E-state index in [-0.39, 0.29) is 53.9 Å². The van der Waals surface area contributed by atoms with E-state index >= 15 is 4.39 Å². The van der Waals surface area contributed by atoms with Crippen molar-refractivity contribution in [3.05, 3.63) is 65.0 Å². The number of carbonyl (C=O) groups excluding carboxylic acids is 2. The molecule has 1 aromatic carbocycles. The molecule has 4 aromatic rings. The van der Waals surface area contributed by atoms with Gasteiger partial charge in [-0.1, -0.05) is 6.07 Å². The second-order valence-electron chi connectivity index (χ2n) is 13.2. The molecule has 0 bridgehead atoms. The zero-order valence-corrected chi connectivity index (χ0v) is 27.6. The van der Waals surface area contributed by atoms with E-state index in [0.717, 1.165) is 29.7 Å². The van der Waals surface area contributed by atoms with Gasteiger partial charge in [-0.3, -0.25) is 19.0 Å². The van der Waals surface area contributed by atoms with Crippen molar-refractivity contribution in [2.45, 2.75) is 76.5 Å². The molecule has 19 heteroatoms. The molecule has 2 amide bonds. The van der Waals surface area contributed by atoms with Crippen LogP contribution in [0, 0.1) is 5.82 Å². The van der Waals surface area contributed by atoms with E-state index < -0.39 is 54.4 Å². The second kappa shape index (κ2) is 13.6. The molecule has 0 spiro atoms. The quantitative estimate of drug-likeness (QED) is 0.165. The molecule has 2 atom stereocenters. The first-order valence-electron chi connectivity index (χ1n) is 16.1. The van der Waals surface area contributed by atoms with Crippen LogP contribution in [0.4, 0.5) is 17.6 Å². The molecule has 0 aliphatic carbocycles. The topological polar surface area (TPSA) is 165 Å². The van der Waals surface area contributed by atoms with Gasteiger partial charge in [0.15, 0.2) is 11.9 Å². The molecule has 0 saturated carbocycles. The molecule has 2 unspecified atom stereocenters. The third-order valence-corrected chi connectivity index (χ3v) is 8.78. The van der Waals surface area contributed by atoms with E-state index in [0.29, 0.717) is 18.6 Å². The fourth-order valence-corrected chi connectivity index (χ4v) is 6.45. The Morgan fingerprint density at radius 3 is 2.60 bits per heavy atom. The van der Waals surface area contributed by atoms with Crippen LogP contribution in [0.2, 0.25) is 0 Å². The number of hydrogen-bond donors (Lipinski definition) is 3. The Morgan fingerprint density at radius 1 is 1.16 bits per heavy atom. The summed E-state index contributed by atoms with van der Waals surface area (Å²) in [5.74, 6) is -2.35. The van der Waals surface area contributed by atoms with Gasteiger partial charge >= 0.3 is 13.3 Å². The van der Waals surface area contributed by atoms with E-state index in [1.807, 2.05) is 0 Å². The predicted molar refractivity (Wildman–Crippen MR) is 169 cm³/mol. The summed E-state index contributed by atoms with van der Waals surface area (Å²) in [6.45, 7) is 3.43. The van der Waals surface area contributed by atoms with Crippen molar-refractivity contribution in [2.75, 3.05) is 13.2 Å². The van der Waals surface area contributed by atoms with Crippen LogP contribution in [0.5, 0.6) is 0 Å². The first-order valence-corrected chi connectivity index (χ1v) is 16.1. The van der Waals surface area contributed by atoms with E-state index in [1.54, 1.807) is 27.1 Å². The largest absolute Gasteiger partial charge is 0.488 e. The number of rotatable bonds is 10. The van der Waals surface area contributed by atoms with Crippen molar-refractivity contribution in [2.24, 2.45) is 7.05 Å². The smallest absolute Gasteiger partial charge is 0.423 e. The number of nitrogens with zero attached hydrogens (tertiary/aromatic N) is 8. The SMILES string of the molecule is Cn1cc(CC(C(=O)NC(C)(C)Cn2nc(C(F)(F)F)cc2-c2cnn(C3CCCCO3)n2)N2CCc3c(B(O)O)ccc(F)c3C2=O)cn1. The molecule has 3 aromatic heterocycles. The molecule has 266 valence electrons. The normalized spacial score (nSPS) is 17.5. The fourth-order valence-electron chi connectivity index (χ4n) is 6.45. The number of amides is 2. The Kier molecular flexibility index (Phi) is 9.58. The van der Waals surface area contributed by atoms with Crippen LogP contribution < -0.4 is 10.8 Å². The highest BCUT2D eigenvalue weighted by molar-refractivity contribution is 6.59. The molecular formula is C31H36BF4N9O5. The van der Waals surface area contributed by atoms with Crippen LogP contribution >= 0.6 is 0 Å². The molecule has 3 N–H and O–H groups in total. The van der Waals surface area contributed by atoms with Crippen molar-refractivity contribution in [1.82, 2.24) is 44.8 Å². The molecule has 2 aliphatic heterocycles. The lowest BCUT2D eigenvalue weighted by molar-refractivity contribution is -0.141. The molecule has 1 saturated heterocycles. The average Bonchev–Trinajstić information content (AvgIpc) is 3.80. The molecule has 5 heterocycles. The van der Waals surface area contributed by atoms with E-state index in [2.05, 4.69) is 25.7 Å². The molecule has 50 heavy (non-hydrogen) atoms. The maximum Gasteiger partial charge on any atom is 0.488 e. The number of fused-ring (bicyclic) bond motifs is 1. The summed E-state index contributed by atoms with van der Waals surface area (Å²) in [5.41, 5.74) is -1.88. The summed E-state index contributed by atoms with van der Waals surface area (Å²) in [5, 5.41) is 39.1. The molecular weight excluding hydrogens is 665 g/mol. The Labute approximate surface area is 284 Å². The number of aromatic nitrogens is 7. The minimum absolute atomic E-state index is 0.0108. The summed E-state index contributed by atoms with van der Waals surface area (Å²) < 4.78 is 65.1. The first-order chi connectivity index (χ1) is 23.6. The monoisotopic (exact) mass is 701 g/mol. The lowest BCUT2D eigenvalue weighted by Gasteiger charge is -2.37. The van der Waals surface area contributed by atoms with Crippen LogP contribution in [0.3, 0.4) is 0 Å². The minimum Gasteiger partial charge on any atom is -0.423 e. The van der Waals surface area contributed by atoms with Gasteiger partial charge in [-0.05, 0) is 68.3 Å². The first kappa shape index (κ1) is 35.2. The van der Waals surface area contributed by atoms with Gasteiger partial charge in [0.25, 0.3) is 5.91 Å². The highest BCUT2D eigenvalue weighted by Crippen LogP contribution is 2.33. The average molecular weight is 701 g/mol. The number of halogens is 4. The lowest BCUT2D eigenvalue weighted by atomic mass is 9.73. The van der Waals surface area contributed by atoms with Crippen molar-refractivity contribution < 1.29 is 41.9 Å². The zero-order valence-electron chi connectivity index (χ0n) is 27.6. The number of benzene rings is 1. The van der Waals surface area contributed by atoms with Gasteiger partial charge in [0, 0.05) is 32.8 Å². The number of aryl methyl sites for hydroxylation is 1. The van der Waals surface area contributed by atoms with Crippen LogP contribution in [-0.2, 0) is 42.1 Å². The summed E-state index contributed by atoms with van der Waals surface area (Å²) in [6.07, 6.45) is 1.77. The highest BCUT2D eigenvalue weighted by Gasteiger charge is 2.40. The number of alkyl halides is 3. The third kappa shape index (κ3) is 7.29. The second-order valence-corrected chi connectivity index (χ2v) is 13.2. The van der Waals surface area contributed by atoms with Crippen molar-refractivity contribution in [3.63, 3.8) is 0 Å². The van der Waals surface area contributed by atoms with E-state index in [9.17, 15) is 32.8 Å². The van der Waals surface area contributed by atoms with Gasteiger partial charge in [0.2, 0.25) is 5.91 Å². The number of nitrogens with one attached hydrogen (secondary N) is 1.